The van der Waals surface area contributed by atoms with E-state index in [0.29, 0.717) is 5.92 Å². The molecule has 1 aliphatic rings. The number of hydrogen-bond donors (Lipinski definition) is 1. The highest BCUT2D eigenvalue weighted by molar-refractivity contribution is 4.83. The normalized spacial score (nSPS) is 26.1. The Morgan fingerprint density at radius 3 is 3.00 bits per heavy atom. The maximum absolute atomic E-state index is 8.48. The molecule has 1 rings (SSSR count). The largest absolute Gasteiger partial charge is 0.392 e. The standard InChI is InChI=1S/C9H16O2/c10-6-2-1-4-9-5-3-7-11-8-9/h1-2,9-10H,3-8H2/b2-1-. The van der Waals surface area contributed by atoms with E-state index < -0.39 is 0 Å². The number of ether oxygens (including phenoxy) is 1. The molecule has 0 aromatic heterocycles. The third-order valence-electron chi connectivity index (χ3n) is 2.00. The first kappa shape index (κ1) is 8.75. The number of aliphatic hydroxyl groups is 1. The maximum Gasteiger partial charge on any atom is 0.0612 e. The van der Waals surface area contributed by atoms with E-state index in [-0.39, 0.29) is 6.61 Å². The molecule has 0 bridgehead atoms. The highest BCUT2D eigenvalue weighted by Gasteiger charge is 2.11. The van der Waals surface area contributed by atoms with E-state index in [1.807, 2.05) is 6.08 Å². The van der Waals surface area contributed by atoms with Crippen molar-refractivity contribution in [3.05, 3.63) is 12.2 Å². The van der Waals surface area contributed by atoms with Crippen molar-refractivity contribution in [3.63, 3.8) is 0 Å². The van der Waals surface area contributed by atoms with Crippen LogP contribution in [0.5, 0.6) is 0 Å². The average molecular weight is 156 g/mol. The zero-order valence-corrected chi connectivity index (χ0v) is 6.83. The van der Waals surface area contributed by atoms with Gasteiger partial charge in [-0.25, -0.2) is 0 Å². The van der Waals surface area contributed by atoms with Crippen LogP contribution in [0.2, 0.25) is 0 Å². The van der Waals surface area contributed by atoms with Crippen LogP contribution in [-0.2, 0) is 4.74 Å². The summed E-state index contributed by atoms with van der Waals surface area (Å²) in [5.74, 6) is 0.687. The molecule has 1 fully saturated rings. The third kappa shape index (κ3) is 3.54. The predicted octanol–water partition coefficient (Wildman–Crippen LogP) is 1.35. The van der Waals surface area contributed by atoms with Gasteiger partial charge < -0.3 is 9.84 Å². The van der Waals surface area contributed by atoms with Gasteiger partial charge in [-0.1, -0.05) is 12.2 Å². The quantitative estimate of drug-likeness (QED) is 0.625. The Kier molecular flexibility index (Phi) is 4.24. The van der Waals surface area contributed by atoms with Gasteiger partial charge in [-0.3, -0.25) is 0 Å². The summed E-state index contributed by atoms with van der Waals surface area (Å²) >= 11 is 0. The first-order valence-corrected chi connectivity index (χ1v) is 4.27. The Morgan fingerprint density at radius 2 is 2.36 bits per heavy atom. The van der Waals surface area contributed by atoms with Crippen molar-refractivity contribution >= 4 is 0 Å². The van der Waals surface area contributed by atoms with Gasteiger partial charge in [0.2, 0.25) is 0 Å². The fourth-order valence-electron chi connectivity index (χ4n) is 1.36. The fourth-order valence-corrected chi connectivity index (χ4v) is 1.36. The Morgan fingerprint density at radius 1 is 1.45 bits per heavy atom. The Hall–Kier alpha value is -0.340. The van der Waals surface area contributed by atoms with Gasteiger partial charge in [0.15, 0.2) is 0 Å². The zero-order chi connectivity index (χ0) is 7.94. The average Bonchev–Trinajstić information content (AvgIpc) is 2.07. The molecule has 0 aliphatic carbocycles. The number of hydrogen-bond acceptors (Lipinski definition) is 2. The van der Waals surface area contributed by atoms with Crippen LogP contribution in [0.4, 0.5) is 0 Å². The smallest absolute Gasteiger partial charge is 0.0612 e. The lowest BCUT2D eigenvalue weighted by Crippen LogP contribution is -2.16. The number of allylic oxidation sites excluding steroid dienone is 1. The van der Waals surface area contributed by atoms with Crippen molar-refractivity contribution in [3.8, 4) is 0 Å². The molecular formula is C9H16O2. The second kappa shape index (κ2) is 5.33. The molecule has 0 spiro atoms. The number of rotatable bonds is 3. The molecule has 1 saturated heterocycles. The van der Waals surface area contributed by atoms with E-state index in [4.69, 9.17) is 9.84 Å². The predicted molar refractivity (Wildman–Crippen MR) is 44.4 cm³/mol. The van der Waals surface area contributed by atoms with Crippen molar-refractivity contribution in [1.29, 1.82) is 0 Å². The van der Waals surface area contributed by atoms with Crippen molar-refractivity contribution in [2.45, 2.75) is 19.3 Å². The lowest BCUT2D eigenvalue weighted by molar-refractivity contribution is 0.0559. The lowest BCUT2D eigenvalue weighted by Gasteiger charge is -2.20. The van der Waals surface area contributed by atoms with Gasteiger partial charge in [0.1, 0.15) is 0 Å². The summed E-state index contributed by atoms with van der Waals surface area (Å²) in [4.78, 5) is 0. The molecule has 1 heterocycles. The van der Waals surface area contributed by atoms with Crippen LogP contribution in [0.1, 0.15) is 19.3 Å². The van der Waals surface area contributed by atoms with Gasteiger partial charge in [0.05, 0.1) is 6.61 Å². The minimum Gasteiger partial charge on any atom is -0.392 e. The van der Waals surface area contributed by atoms with Crippen LogP contribution in [0.25, 0.3) is 0 Å². The molecule has 0 radical (unpaired) electrons. The van der Waals surface area contributed by atoms with Crippen molar-refractivity contribution in [2.24, 2.45) is 5.92 Å². The molecule has 1 unspecified atom stereocenters. The van der Waals surface area contributed by atoms with E-state index in [2.05, 4.69) is 0 Å². The van der Waals surface area contributed by atoms with Crippen molar-refractivity contribution < 1.29 is 9.84 Å². The molecular weight excluding hydrogens is 140 g/mol. The summed E-state index contributed by atoms with van der Waals surface area (Å²) in [6, 6.07) is 0. The van der Waals surface area contributed by atoms with E-state index in [1.165, 1.54) is 12.8 Å². The van der Waals surface area contributed by atoms with Crippen LogP contribution in [-0.4, -0.2) is 24.9 Å². The van der Waals surface area contributed by atoms with E-state index in [1.54, 1.807) is 6.08 Å². The van der Waals surface area contributed by atoms with Crippen molar-refractivity contribution in [2.75, 3.05) is 19.8 Å². The Labute approximate surface area is 67.9 Å². The SMILES string of the molecule is OC/C=C\CC1CCCOC1. The summed E-state index contributed by atoms with van der Waals surface area (Å²) in [5, 5.41) is 8.48. The minimum atomic E-state index is 0.160. The highest BCUT2D eigenvalue weighted by Crippen LogP contribution is 2.16. The van der Waals surface area contributed by atoms with E-state index in [0.717, 1.165) is 19.6 Å². The van der Waals surface area contributed by atoms with Crippen LogP contribution in [0.15, 0.2) is 12.2 Å². The summed E-state index contributed by atoms with van der Waals surface area (Å²) in [6.07, 6.45) is 7.36. The minimum absolute atomic E-state index is 0.160. The molecule has 1 atom stereocenters. The van der Waals surface area contributed by atoms with Crippen molar-refractivity contribution in [1.82, 2.24) is 0 Å². The fraction of sp³-hybridized carbons (Fsp3) is 0.778. The Balaban J connectivity index is 2.09. The first-order valence-electron chi connectivity index (χ1n) is 4.27. The molecule has 2 nitrogen and oxygen atoms in total. The highest BCUT2D eigenvalue weighted by atomic mass is 16.5. The summed E-state index contributed by atoms with van der Waals surface area (Å²) in [6.45, 7) is 1.99. The van der Waals surface area contributed by atoms with E-state index in [9.17, 15) is 0 Å². The van der Waals surface area contributed by atoms with Gasteiger partial charge in [-0.05, 0) is 25.2 Å². The molecule has 1 N–H and O–H groups in total. The van der Waals surface area contributed by atoms with Gasteiger partial charge in [0.25, 0.3) is 0 Å². The second-order valence-electron chi connectivity index (χ2n) is 2.97. The van der Waals surface area contributed by atoms with E-state index >= 15 is 0 Å². The zero-order valence-electron chi connectivity index (χ0n) is 6.83. The third-order valence-corrected chi connectivity index (χ3v) is 2.00. The van der Waals surface area contributed by atoms with Crippen LogP contribution in [0.3, 0.4) is 0 Å². The second-order valence-corrected chi connectivity index (χ2v) is 2.97. The molecule has 0 amide bonds. The molecule has 0 aromatic rings. The summed E-state index contributed by atoms with van der Waals surface area (Å²) < 4.78 is 5.32. The maximum atomic E-state index is 8.48. The van der Waals surface area contributed by atoms with Gasteiger partial charge in [-0.15, -0.1) is 0 Å². The lowest BCUT2D eigenvalue weighted by atomic mass is 9.98. The van der Waals surface area contributed by atoms with Gasteiger partial charge >= 0.3 is 0 Å². The van der Waals surface area contributed by atoms with Crippen LogP contribution in [0, 0.1) is 5.92 Å². The summed E-state index contributed by atoms with van der Waals surface area (Å²) in [7, 11) is 0. The van der Waals surface area contributed by atoms with Crippen LogP contribution < -0.4 is 0 Å². The first-order chi connectivity index (χ1) is 5.43. The monoisotopic (exact) mass is 156 g/mol. The number of aliphatic hydroxyl groups excluding tert-OH is 1. The van der Waals surface area contributed by atoms with Crippen LogP contribution >= 0.6 is 0 Å². The topological polar surface area (TPSA) is 29.5 Å². The Bertz CT molecular complexity index is 115. The molecule has 0 aromatic carbocycles. The molecule has 1 aliphatic heterocycles. The molecule has 0 saturated carbocycles. The summed E-state index contributed by atoms with van der Waals surface area (Å²) in [5.41, 5.74) is 0. The molecule has 11 heavy (non-hydrogen) atoms. The van der Waals surface area contributed by atoms with Gasteiger partial charge in [0, 0.05) is 13.2 Å². The van der Waals surface area contributed by atoms with Gasteiger partial charge in [-0.2, -0.15) is 0 Å². The molecule has 64 valence electrons. The molecule has 2 heteroatoms.